The van der Waals surface area contributed by atoms with Crippen LogP contribution in [-0.2, 0) is 18.3 Å². The molecule has 0 bridgehead atoms. The Kier molecular flexibility index (Phi) is 2.35. The highest BCUT2D eigenvalue weighted by Gasteiger charge is 2.11. The van der Waals surface area contributed by atoms with E-state index in [4.69, 9.17) is 5.73 Å². The van der Waals surface area contributed by atoms with Crippen LogP contribution in [0.3, 0.4) is 0 Å². The van der Waals surface area contributed by atoms with E-state index < -0.39 is 17.3 Å². The third kappa shape index (κ3) is 1.52. The first-order chi connectivity index (χ1) is 7.50. The molecule has 0 aliphatic heterocycles. The largest absolute Gasteiger partial charge is 0.369 e. The van der Waals surface area contributed by atoms with Gasteiger partial charge in [0.15, 0.2) is 0 Å². The second kappa shape index (κ2) is 3.56. The molecule has 2 aromatic heterocycles. The van der Waals surface area contributed by atoms with Crippen molar-refractivity contribution in [3.63, 3.8) is 0 Å². The van der Waals surface area contributed by atoms with Crippen LogP contribution in [0.4, 0.5) is 0 Å². The van der Waals surface area contributed by atoms with Crippen molar-refractivity contribution in [2.24, 2.45) is 12.8 Å². The first-order valence-electron chi connectivity index (χ1n) is 4.35. The molecule has 0 spiro atoms. The second-order valence-corrected chi connectivity index (χ2v) is 4.06. The first kappa shape index (κ1) is 10.6. The van der Waals surface area contributed by atoms with E-state index in [2.05, 4.69) is 4.98 Å². The van der Waals surface area contributed by atoms with Crippen molar-refractivity contribution in [3.05, 3.63) is 32.0 Å². The number of hydrogen-bond acceptors (Lipinski definition) is 5. The van der Waals surface area contributed by atoms with Crippen LogP contribution < -0.4 is 17.1 Å². The summed E-state index contributed by atoms with van der Waals surface area (Å²) in [5, 5.41) is 1.59. The fraction of sp³-hybridized carbons (Fsp3) is 0.250. The van der Waals surface area contributed by atoms with Gasteiger partial charge in [-0.3, -0.25) is 4.79 Å². The van der Waals surface area contributed by atoms with Crippen LogP contribution in [0.1, 0.15) is 5.69 Å². The van der Waals surface area contributed by atoms with Gasteiger partial charge in [-0.15, -0.1) is 11.3 Å². The molecule has 0 atom stereocenters. The van der Waals surface area contributed by atoms with E-state index in [1.807, 2.05) is 0 Å². The molecule has 8 heteroatoms. The van der Waals surface area contributed by atoms with Crippen molar-refractivity contribution >= 4 is 22.2 Å². The van der Waals surface area contributed by atoms with Gasteiger partial charge in [0.1, 0.15) is 0 Å². The lowest BCUT2D eigenvalue weighted by molar-refractivity contribution is -0.117. The number of amides is 1. The maximum absolute atomic E-state index is 11.8. The van der Waals surface area contributed by atoms with Crippen molar-refractivity contribution in [1.29, 1.82) is 0 Å². The van der Waals surface area contributed by atoms with E-state index in [0.717, 1.165) is 15.9 Å². The van der Waals surface area contributed by atoms with Crippen LogP contribution >= 0.6 is 11.3 Å². The zero-order chi connectivity index (χ0) is 11.9. The molecule has 0 aliphatic carbocycles. The van der Waals surface area contributed by atoms with E-state index >= 15 is 0 Å². The Hall–Kier alpha value is -1.96. The van der Waals surface area contributed by atoms with Crippen LogP contribution in [0.5, 0.6) is 0 Å². The fourth-order valence-electron chi connectivity index (χ4n) is 1.32. The highest BCUT2D eigenvalue weighted by molar-refractivity contribution is 7.15. The highest BCUT2D eigenvalue weighted by atomic mass is 32.1. The summed E-state index contributed by atoms with van der Waals surface area (Å²) in [4.78, 5) is 37.8. The minimum Gasteiger partial charge on any atom is -0.369 e. The number of aromatic nitrogens is 3. The van der Waals surface area contributed by atoms with Gasteiger partial charge in [0.25, 0.3) is 0 Å². The molecule has 0 unspecified atom stereocenters. The topological polar surface area (TPSA) is 99.5 Å². The van der Waals surface area contributed by atoms with Crippen LogP contribution in [0, 0.1) is 0 Å². The Bertz CT molecular complexity index is 681. The minimum atomic E-state index is -0.613. The third-order valence-electron chi connectivity index (χ3n) is 2.09. The molecule has 16 heavy (non-hydrogen) atoms. The summed E-state index contributed by atoms with van der Waals surface area (Å²) in [5.41, 5.74) is 4.36. The molecule has 0 saturated heterocycles. The number of hydrogen-bond donors (Lipinski definition) is 1. The maximum Gasteiger partial charge on any atom is 0.354 e. The summed E-state index contributed by atoms with van der Waals surface area (Å²) < 4.78 is 2.10. The highest BCUT2D eigenvalue weighted by Crippen LogP contribution is 2.10. The van der Waals surface area contributed by atoms with Gasteiger partial charge in [0, 0.05) is 18.1 Å². The Morgan fingerprint density at radius 3 is 2.88 bits per heavy atom. The summed E-state index contributed by atoms with van der Waals surface area (Å²) in [5.74, 6) is -0.541. The van der Waals surface area contributed by atoms with Gasteiger partial charge in [-0.2, -0.15) is 4.98 Å². The second-order valence-electron chi connectivity index (χ2n) is 3.22. The monoisotopic (exact) mass is 240 g/mol. The lowest BCUT2D eigenvalue weighted by Gasteiger charge is -1.99. The minimum absolute atomic E-state index is 0.0558. The standard InChI is InChI=1S/C8H8N4O3S/c1-11-6(14)10-7-12(8(11)15)4(3-16-7)2-5(9)13/h3H,2H2,1H3,(H2,9,13). The molecule has 2 rings (SSSR count). The molecule has 0 aliphatic rings. The van der Waals surface area contributed by atoms with Gasteiger partial charge in [-0.25, -0.2) is 18.6 Å². The van der Waals surface area contributed by atoms with E-state index in [-0.39, 0.29) is 11.4 Å². The lowest BCUT2D eigenvalue weighted by atomic mass is 10.3. The molecule has 2 aromatic rings. The summed E-state index contributed by atoms with van der Waals surface area (Å²) >= 11 is 1.12. The van der Waals surface area contributed by atoms with Gasteiger partial charge in [-0.1, -0.05) is 0 Å². The number of carbonyl (C=O) groups is 1. The van der Waals surface area contributed by atoms with E-state index in [1.165, 1.54) is 11.4 Å². The first-order valence-corrected chi connectivity index (χ1v) is 5.23. The van der Waals surface area contributed by atoms with Gasteiger partial charge in [0.05, 0.1) is 6.42 Å². The SMILES string of the molecule is Cn1c(=O)nc2scc(CC(N)=O)n2c1=O. The molecular formula is C8H8N4O3S. The van der Waals surface area contributed by atoms with Crippen molar-refractivity contribution in [3.8, 4) is 0 Å². The molecule has 0 radical (unpaired) electrons. The van der Waals surface area contributed by atoms with Crippen LogP contribution in [0.15, 0.2) is 15.0 Å². The summed E-state index contributed by atoms with van der Waals surface area (Å²) in [6, 6.07) is 0. The number of primary amides is 1. The molecule has 0 fully saturated rings. The molecule has 0 saturated carbocycles. The zero-order valence-electron chi connectivity index (χ0n) is 8.34. The molecule has 2 heterocycles. The lowest BCUT2D eigenvalue weighted by Crippen LogP contribution is -2.37. The van der Waals surface area contributed by atoms with E-state index in [9.17, 15) is 14.4 Å². The van der Waals surface area contributed by atoms with E-state index in [1.54, 1.807) is 5.38 Å². The molecule has 7 nitrogen and oxygen atoms in total. The van der Waals surface area contributed by atoms with E-state index in [0.29, 0.717) is 5.69 Å². The molecule has 84 valence electrons. The summed E-state index contributed by atoms with van der Waals surface area (Å²) in [6.07, 6.45) is -0.0558. The summed E-state index contributed by atoms with van der Waals surface area (Å²) in [6.45, 7) is 0. The summed E-state index contributed by atoms with van der Waals surface area (Å²) in [7, 11) is 1.33. The smallest absolute Gasteiger partial charge is 0.354 e. The number of rotatable bonds is 2. The fourth-order valence-corrected chi connectivity index (χ4v) is 2.18. The van der Waals surface area contributed by atoms with Crippen LogP contribution in [-0.4, -0.2) is 19.9 Å². The average molecular weight is 240 g/mol. The number of nitrogens with two attached hydrogens (primary N) is 1. The predicted octanol–water partition coefficient (Wildman–Crippen LogP) is -1.52. The van der Waals surface area contributed by atoms with Gasteiger partial charge in [-0.05, 0) is 0 Å². The Balaban J connectivity index is 2.81. The number of fused-ring (bicyclic) bond motifs is 1. The molecular weight excluding hydrogens is 232 g/mol. The van der Waals surface area contributed by atoms with Crippen LogP contribution in [0.2, 0.25) is 0 Å². The zero-order valence-corrected chi connectivity index (χ0v) is 9.15. The Morgan fingerprint density at radius 1 is 1.56 bits per heavy atom. The number of thiazole rings is 1. The van der Waals surface area contributed by atoms with Crippen LogP contribution in [0.25, 0.3) is 4.96 Å². The third-order valence-corrected chi connectivity index (χ3v) is 2.97. The average Bonchev–Trinajstić information content (AvgIpc) is 2.57. The van der Waals surface area contributed by atoms with Crippen molar-refractivity contribution in [1.82, 2.24) is 14.0 Å². The maximum atomic E-state index is 11.8. The molecule has 2 N–H and O–H groups in total. The normalized spacial score (nSPS) is 10.8. The van der Waals surface area contributed by atoms with Gasteiger partial charge >= 0.3 is 11.4 Å². The van der Waals surface area contributed by atoms with Gasteiger partial charge in [0.2, 0.25) is 10.9 Å². The molecule has 0 aromatic carbocycles. The van der Waals surface area contributed by atoms with Crippen molar-refractivity contribution < 1.29 is 4.79 Å². The Morgan fingerprint density at radius 2 is 2.25 bits per heavy atom. The number of carbonyl (C=O) groups excluding carboxylic acids is 1. The molecule has 1 amide bonds. The number of nitrogens with zero attached hydrogens (tertiary/aromatic N) is 3. The Labute approximate surface area is 92.8 Å². The van der Waals surface area contributed by atoms with Crippen molar-refractivity contribution in [2.45, 2.75) is 6.42 Å². The van der Waals surface area contributed by atoms with Crippen molar-refractivity contribution in [2.75, 3.05) is 0 Å². The predicted molar refractivity (Wildman–Crippen MR) is 57.5 cm³/mol. The van der Waals surface area contributed by atoms with Gasteiger partial charge < -0.3 is 5.73 Å². The quantitative estimate of drug-likeness (QED) is 0.689.